The van der Waals surface area contributed by atoms with Crippen molar-refractivity contribution in [2.24, 2.45) is 0 Å². The number of hydrogen-bond donors (Lipinski definition) is 0. The van der Waals surface area contributed by atoms with E-state index in [1.54, 1.807) is 12.1 Å². The van der Waals surface area contributed by atoms with Gasteiger partial charge in [0.1, 0.15) is 5.75 Å². The van der Waals surface area contributed by atoms with Crippen molar-refractivity contribution < 1.29 is 9.53 Å². The first-order valence-electron chi connectivity index (χ1n) is 4.35. The van der Waals surface area contributed by atoms with E-state index in [-0.39, 0.29) is 5.92 Å². The molecule has 14 heavy (non-hydrogen) atoms. The number of ether oxygens (including phenoxy) is 1. The lowest BCUT2D eigenvalue weighted by molar-refractivity contribution is 0.112. The van der Waals surface area contributed by atoms with Gasteiger partial charge in [-0.1, -0.05) is 0 Å². The predicted octanol–water partition coefficient (Wildman–Crippen LogP) is 1.67. The quantitative estimate of drug-likeness (QED) is 0.662. The topological polar surface area (TPSA) is 50.1 Å². The van der Waals surface area contributed by atoms with Crippen molar-refractivity contribution in [1.82, 2.24) is 0 Å². The van der Waals surface area contributed by atoms with Gasteiger partial charge in [-0.3, -0.25) is 4.79 Å². The van der Waals surface area contributed by atoms with Crippen molar-refractivity contribution in [3.63, 3.8) is 0 Å². The SMILES string of the molecule is COc1cc2c(cc1C=O)CC2C#N. The van der Waals surface area contributed by atoms with E-state index in [0.29, 0.717) is 11.3 Å². The summed E-state index contributed by atoms with van der Waals surface area (Å²) < 4.78 is 5.06. The summed E-state index contributed by atoms with van der Waals surface area (Å²) in [6.07, 6.45) is 1.52. The monoisotopic (exact) mass is 187 g/mol. The number of nitrogens with zero attached hydrogens (tertiary/aromatic N) is 1. The first kappa shape index (κ1) is 8.76. The molecule has 0 heterocycles. The number of rotatable bonds is 2. The molecule has 0 aromatic heterocycles. The Morgan fingerprint density at radius 3 is 3.00 bits per heavy atom. The Bertz CT molecular complexity index is 432. The average Bonchev–Trinajstić information content (AvgIpc) is 2.20. The van der Waals surface area contributed by atoms with E-state index in [0.717, 1.165) is 23.8 Å². The third kappa shape index (κ3) is 1.08. The maximum Gasteiger partial charge on any atom is 0.153 e. The molecule has 0 saturated heterocycles. The number of fused-ring (bicyclic) bond motifs is 1. The average molecular weight is 187 g/mol. The molecular weight excluding hydrogens is 178 g/mol. The van der Waals surface area contributed by atoms with Crippen LogP contribution in [0, 0.1) is 11.3 Å². The molecule has 0 amide bonds. The van der Waals surface area contributed by atoms with Gasteiger partial charge in [0.05, 0.1) is 24.7 Å². The minimum Gasteiger partial charge on any atom is -0.496 e. The van der Waals surface area contributed by atoms with Crippen LogP contribution in [0.15, 0.2) is 12.1 Å². The van der Waals surface area contributed by atoms with Gasteiger partial charge in [0.2, 0.25) is 0 Å². The van der Waals surface area contributed by atoms with Crippen LogP contribution in [-0.4, -0.2) is 13.4 Å². The molecule has 1 aromatic carbocycles. The highest BCUT2D eigenvalue weighted by Crippen LogP contribution is 2.38. The van der Waals surface area contributed by atoms with Gasteiger partial charge < -0.3 is 4.74 Å². The first-order valence-corrected chi connectivity index (χ1v) is 4.35. The van der Waals surface area contributed by atoms with Crippen LogP contribution in [-0.2, 0) is 6.42 Å². The summed E-state index contributed by atoms with van der Waals surface area (Å²) in [6.45, 7) is 0. The van der Waals surface area contributed by atoms with Crippen LogP contribution in [0.1, 0.15) is 27.4 Å². The highest BCUT2D eigenvalue weighted by atomic mass is 16.5. The maximum absolute atomic E-state index is 10.7. The summed E-state index contributed by atoms with van der Waals surface area (Å²) in [7, 11) is 1.52. The van der Waals surface area contributed by atoms with E-state index >= 15 is 0 Å². The zero-order valence-corrected chi connectivity index (χ0v) is 7.78. The van der Waals surface area contributed by atoms with Crippen LogP contribution >= 0.6 is 0 Å². The highest BCUT2D eigenvalue weighted by Gasteiger charge is 2.27. The van der Waals surface area contributed by atoms with Crippen molar-refractivity contribution in [3.8, 4) is 11.8 Å². The van der Waals surface area contributed by atoms with Gasteiger partial charge in [-0.25, -0.2) is 0 Å². The first-order chi connectivity index (χ1) is 6.80. The van der Waals surface area contributed by atoms with Crippen LogP contribution in [0.3, 0.4) is 0 Å². The summed E-state index contributed by atoms with van der Waals surface area (Å²) in [6, 6.07) is 5.79. The molecule has 1 aliphatic carbocycles. The summed E-state index contributed by atoms with van der Waals surface area (Å²) in [5.41, 5.74) is 2.64. The second-order valence-corrected chi connectivity index (χ2v) is 3.30. The van der Waals surface area contributed by atoms with E-state index in [1.807, 2.05) is 0 Å². The molecule has 1 unspecified atom stereocenters. The lowest BCUT2D eigenvalue weighted by Crippen LogP contribution is -2.16. The minimum absolute atomic E-state index is 0.0281. The van der Waals surface area contributed by atoms with Gasteiger partial charge in [0, 0.05) is 0 Å². The third-order valence-electron chi connectivity index (χ3n) is 2.57. The molecule has 0 radical (unpaired) electrons. The van der Waals surface area contributed by atoms with Crippen molar-refractivity contribution in [1.29, 1.82) is 5.26 Å². The van der Waals surface area contributed by atoms with Crippen molar-refractivity contribution in [3.05, 3.63) is 28.8 Å². The zero-order valence-electron chi connectivity index (χ0n) is 7.78. The van der Waals surface area contributed by atoms with Gasteiger partial charge in [0.25, 0.3) is 0 Å². The molecule has 0 N–H and O–H groups in total. The second kappa shape index (κ2) is 3.15. The molecule has 0 spiro atoms. The van der Waals surface area contributed by atoms with Crippen LogP contribution in [0.5, 0.6) is 5.75 Å². The second-order valence-electron chi connectivity index (χ2n) is 3.30. The Balaban J connectivity index is 2.49. The van der Waals surface area contributed by atoms with Crippen LogP contribution in [0.25, 0.3) is 0 Å². The molecule has 1 aliphatic rings. The van der Waals surface area contributed by atoms with E-state index < -0.39 is 0 Å². The van der Waals surface area contributed by atoms with Crippen molar-refractivity contribution >= 4 is 6.29 Å². The number of carbonyl (C=O) groups is 1. The Morgan fingerprint density at radius 1 is 1.64 bits per heavy atom. The molecule has 3 nitrogen and oxygen atoms in total. The molecule has 1 aromatic rings. The van der Waals surface area contributed by atoms with E-state index in [4.69, 9.17) is 10.00 Å². The molecule has 0 fully saturated rings. The Labute approximate surface area is 81.9 Å². The highest BCUT2D eigenvalue weighted by molar-refractivity contribution is 5.80. The minimum atomic E-state index is -0.0281. The molecule has 0 saturated carbocycles. The molecule has 0 aliphatic heterocycles. The fourth-order valence-corrected chi connectivity index (χ4v) is 1.74. The van der Waals surface area contributed by atoms with Gasteiger partial charge in [0.15, 0.2) is 6.29 Å². The predicted molar refractivity (Wildman–Crippen MR) is 50.4 cm³/mol. The number of aldehydes is 1. The van der Waals surface area contributed by atoms with E-state index in [1.165, 1.54) is 7.11 Å². The van der Waals surface area contributed by atoms with E-state index in [9.17, 15) is 4.79 Å². The van der Waals surface area contributed by atoms with Gasteiger partial charge in [-0.15, -0.1) is 0 Å². The number of methoxy groups -OCH3 is 1. The normalized spacial score (nSPS) is 17.6. The van der Waals surface area contributed by atoms with Crippen LogP contribution < -0.4 is 4.74 Å². The zero-order chi connectivity index (χ0) is 10.1. The Kier molecular flexibility index (Phi) is 1.97. The molecule has 3 heteroatoms. The van der Waals surface area contributed by atoms with Gasteiger partial charge in [-0.2, -0.15) is 5.26 Å². The number of carbonyl (C=O) groups excluding carboxylic acids is 1. The fourth-order valence-electron chi connectivity index (χ4n) is 1.74. The fraction of sp³-hybridized carbons (Fsp3) is 0.273. The maximum atomic E-state index is 10.7. The molecular formula is C11H9NO2. The molecule has 1 atom stereocenters. The lowest BCUT2D eigenvalue weighted by atomic mass is 9.77. The number of hydrogen-bond acceptors (Lipinski definition) is 3. The van der Waals surface area contributed by atoms with Crippen molar-refractivity contribution in [2.75, 3.05) is 7.11 Å². The lowest BCUT2D eigenvalue weighted by Gasteiger charge is -2.25. The third-order valence-corrected chi connectivity index (χ3v) is 2.57. The summed E-state index contributed by atoms with van der Waals surface area (Å²) in [5, 5.41) is 8.76. The summed E-state index contributed by atoms with van der Waals surface area (Å²) >= 11 is 0. The smallest absolute Gasteiger partial charge is 0.153 e. The number of nitriles is 1. The Morgan fingerprint density at radius 2 is 2.43 bits per heavy atom. The van der Waals surface area contributed by atoms with E-state index in [2.05, 4.69) is 6.07 Å². The van der Waals surface area contributed by atoms with Gasteiger partial charge >= 0.3 is 0 Å². The number of benzene rings is 1. The standard InChI is InChI=1S/C11H9NO2/c1-14-11-4-10-7(2-8(10)5-12)3-9(11)6-13/h3-4,6,8H,2H2,1H3. The summed E-state index contributed by atoms with van der Waals surface area (Å²) in [4.78, 5) is 10.7. The van der Waals surface area contributed by atoms with Crippen LogP contribution in [0.2, 0.25) is 0 Å². The summed E-state index contributed by atoms with van der Waals surface area (Å²) in [5.74, 6) is 0.526. The van der Waals surface area contributed by atoms with Crippen LogP contribution in [0.4, 0.5) is 0 Å². The van der Waals surface area contributed by atoms with Crippen molar-refractivity contribution in [2.45, 2.75) is 12.3 Å². The Hall–Kier alpha value is -1.82. The van der Waals surface area contributed by atoms with Gasteiger partial charge in [-0.05, 0) is 29.7 Å². The molecule has 0 bridgehead atoms. The largest absolute Gasteiger partial charge is 0.496 e. The molecule has 70 valence electrons. The molecule has 2 rings (SSSR count).